The monoisotopic (exact) mass is 354 g/mol. The number of rotatable bonds is 5. The number of nitrogens with zero attached hydrogens (tertiary/aromatic N) is 7. The highest BCUT2D eigenvalue weighted by molar-refractivity contribution is 5.94. The predicted molar refractivity (Wildman–Crippen MR) is 99.6 cm³/mol. The average molecular weight is 354 g/mol. The first-order valence-electron chi connectivity index (χ1n) is 8.18. The minimum absolute atomic E-state index is 0.197. The maximum atomic E-state index is 12.7. The highest BCUT2D eigenvalue weighted by Gasteiger charge is 2.17. The Morgan fingerprint density at radius 1 is 1.04 bits per heavy atom. The summed E-state index contributed by atoms with van der Waals surface area (Å²) in [6.07, 6.45) is 1.82. The molecule has 1 N–H and O–H groups in total. The van der Waals surface area contributed by atoms with Gasteiger partial charge in [-0.25, -0.2) is 4.98 Å². The number of anilines is 2. The minimum atomic E-state index is -0.223. The number of carbonyl (C=O) groups is 1. The first-order chi connectivity index (χ1) is 12.4. The zero-order chi connectivity index (χ0) is 18.8. The minimum Gasteiger partial charge on any atom is -0.347 e. The lowest BCUT2D eigenvalue weighted by Gasteiger charge is -2.16. The van der Waals surface area contributed by atoms with Gasteiger partial charge in [0.25, 0.3) is 5.91 Å². The molecule has 0 unspecified atom stereocenters. The SMILES string of the molecule is Cc1nc2ccccn2c1C(=O)NCc1nc(N(C)C)nc(N(C)C)n1. The van der Waals surface area contributed by atoms with Crippen LogP contribution in [0.4, 0.5) is 11.9 Å². The van der Waals surface area contributed by atoms with Gasteiger partial charge in [-0.15, -0.1) is 0 Å². The quantitative estimate of drug-likeness (QED) is 0.727. The maximum Gasteiger partial charge on any atom is 0.270 e. The number of imidazole rings is 1. The first kappa shape index (κ1) is 17.6. The van der Waals surface area contributed by atoms with Crippen molar-refractivity contribution in [3.8, 4) is 0 Å². The number of carbonyl (C=O) groups excluding carboxylic acids is 1. The molecule has 136 valence electrons. The van der Waals surface area contributed by atoms with E-state index in [0.29, 0.717) is 29.1 Å². The third kappa shape index (κ3) is 3.41. The molecule has 26 heavy (non-hydrogen) atoms. The van der Waals surface area contributed by atoms with Gasteiger partial charge in [-0.2, -0.15) is 15.0 Å². The van der Waals surface area contributed by atoms with E-state index >= 15 is 0 Å². The van der Waals surface area contributed by atoms with Crippen molar-refractivity contribution in [2.45, 2.75) is 13.5 Å². The normalized spacial score (nSPS) is 10.8. The third-order valence-corrected chi connectivity index (χ3v) is 3.78. The molecule has 3 aromatic rings. The van der Waals surface area contributed by atoms with Crippen molar-refractivity contribution in [1.82, 2.24) is 29.7 Å². The van der Waals surface area contributed by atoms with Crippen molar-refractivity contribution >= 4 is 23.5 Å². The topological polar surface area (TPSA) is 91.6 Å². The zero-order valence-corrected chi connectivity index (χ0v) is 15.6. The van der Waals surface area contributed by atoms with Gasteiger partial charge < -0.3 is 15.1 Å². The Morgan fingerprint density at radius 3 is 2.31 bits per heavy atom. The molecular formula is C17H22N8O. The van der Waals surface area contributed by atoms with Crippen LogP contribution < -0.4 is 15.1 Å². The summed E-state index contributed by atoms with van der Waals surface area (Å²) in [4.78, 5) is 33.9. The van der Waals surface area contributed by atoms with Crippen LogP contribution in [0.5, 0.6) is 0 Å². The Kier molecular flexibility index (Phi) is 4.70. The third-order valence-electron chi connectivity index (χ3n) is 3.78. The summed E-state index contributed by atoms with van der Waals surface area (Å²) in [6.45, 7) is 2.02. The molecule has 0 atom stereocenters. The molecule has 0 aliphatic heterocycles. The van der Waals surface area contributed by atoms with Crippen molar-refractivity contribution in [2.24, 2.45) is 0 Å². The van der Waals surface area contributed by atoms with E-state index in [2.05, 4.69) is 25.3 Å². The van der Waals surface area contributed by atoms with Crippen molar-refractivity contribution in [3.63, 3.8) is 0 Å². The van der Waals surface area contributed by atoms with Gasteiger partial charge in [-0.1, -0.05) is 6.07 Å². The number of aromatic nitrogens is 5. The number of hydrogen-bond donors (Lipinski definition) is 1. The molecule has 0 saturated carbocycles. The number of aryl methyl sites for hydroxylation is 1. The van der Waals surface area contributed by atoms with Crippen LogP contribution in [0.2, 0.25) is 0 Å². The Bertz CT molecular complexity index is 921. The highest BCUT2D eigenvalue weighted by atomic mass is 16.1. The molecule has 3 heterocycles. The lowest BCUT2D eigenvalue weighted by Crippen LogP contribution is -2.27. The number of nitrogens with one attached hydrogen (secondary N) is 1. The number of amides is 1. The van der Waals surface area contributed by atoms with E-state index in [1.807, 2.05) is 59.5 Å². The smallest absolute Gasteiger partial charge is 0.270 e. The summed E-state index contributed by atoms with van der Waals surface area (Å²) in [7, 11) is 7.44. The molecule has 0 saturated heterocycles. The molecule has 9 heteroatoms. The summed E-state index contributed by atoms with van der Waals surface area (Å²) in [6, 6.07) is 5.62. The molecule has 0 spiro atoms. The van der Waals surface area contributed by atoms with E-state index in [1.54, 1.807) is 14.2 Å². The fraction of sp³-hybridized carbons (Fsp3) is 0.353. The van der Waals surface area contributed by atoms with Crippen LogP contribution >= 0.6 is 0 Å². The molecule has 0 aliphatic rings. The van der Waals surface area contributed by atoms with Crippen LogP contribution in [-0.2, 0) is 6.54 Å². The average Bonchev–Trinajstić information content (AvgIpc) is 2.95. The molecular weight excluding hydrogens is 332 g/mol. The van der Waals surface area contributed by atoms with Gasteiger partial charge in [0.2, 0.25) is 11.9 Å². The van der Waals surface area contributed by atoms with Gasteiger partial charge in [-0.05, 0) is 19.1 Å². The van der Waals surface area contributed by atoms with E-state index in [1.165, 1.54) is 0 Å². The largest absolute Gasteiger partial charge is 0.347 e. The van der Waals surface area contributed by atoms with E-state index in [9.17, 15) is 4.79 Å². The van der Waals surface area contributed by atoms with Gasteiger partial charge in [0.05, 0.1) is 12.2 Å². The first-order valence-corrected chi connectivity index (χ1v) is 8.18. The standard InChI is InChI=1S/C17H22N8O/c1-11-14(25-9-7-6-8-13(25)19-11)15(26)18-10-12-20-16(23(2)3)22-17(21-12)24(4)5/h6-9H,10H2,1-5H3,(H,18,26). The molecule has 0 radical (unpaired) electrons. The Hall–Kier alpha value is -3.23. The highest BCUT2D eigenvalue weighted by Crippen LogP contribution is 2.13. The second-order valence-corrected chi connectivity index (χ2v) is 6.30. The molecule has 9 nitrogen and oxygen atoms in total. The van der Waals surface area contributed by atoms with E-state index < -0.39 is 0 Å². The van der Waals surface area contributed by atoms with Crippen LogP contribution in [0.1, 0.15) is 22.0 Å². The Labute approximate surface area is 151 Å². The summed E-state index contributed by atoms with van der Waals surface area (Å²) in [5.74, 6) is 1.35. The van der Waals surface area contributed by atoms with E-state index in [-0.39, 0.29) is 12.5 Å². The number of hydrogen-bond acceptors (Lipinski definition) is 7. The van der Waals surface area contributed by atoms with Gasteiger partial charge in [0.15, 0.2) is 5.82 Å². The molecule has 0 aliphatic carbocycles. The summed E-state index contributed by atoms with van der Waals surface area (Å²) in [5.41, 5.74) is 1.92. The molecule has 3 aromatic heterocycles. The second-order valence-electron chi connectivity index (χ2n) is 6.30. The lowest BCUT2D eigenvalue weighted by molar-refractivity contribution is 0.0943. The van der Waals surface area contributed by atoms with Crippen LogP contribution in [0.25, 0.3) is 5.65 Å². The van der Waals surface area contributed by atoms with Gasteiger partial charge in [-0.3, -0.25) is 9.20 Å². The maximum absolute atomic E-state index is 12.7. The summed E-state index contributed by atoms with van der Waals surface area (Å²) >= 11 is 0. The lowest BCUT2D eigenvalue weighted by atomic mass is 10.3. The molecule has 0 fully saturated rings. The fourth-order valence-corrected chi connectivity index (χ4v) is 2.50. The number of fused-ring (bicyclic) bond motifs is 1. The number of pyridine rings is 1. The molecule has 3 rings (SSSR count). The summed E-state index contributed by atoms with van der Waals surface area (Å²) in [5, 5.41) is 2.88. The Balaban J connectivity index is 1.84. The van der Waals surface area contributed by atoms with Crippen molar-refractivity contribution in [2.75, 3.05) is 38.0 Å². The van der Waals surface area contributed by atoms with E-state index in [4.69, 9.17) is 0 Å². The predicted octanol–water partition coefficient (Wildman–Crippen LogP) is 0.890. The van der Waals surface area contributed by atoms with Crippen LogP contribution in [0, 0.1) is 6.92 Å². The summed E-state index contributed by atoms with van der Waals surface area (Å²) < 4.78 is 1.77. The molecule has 1 amide bonds. The van der Waals surface area contributed by atoms with E-state index in [0.717, 1.165) is 5.65 Å². The molecule has 0 bridgehead atoms. The van der Waals surface area contributed by atoms with Crippen molar-refractivity contribution in [1.29, 1.82) is 0 Å². The van der Waals surface area contributed by atoms with Gasteiger partial charge in [0, 0.05) is 34.4 Å². The zero-order valence-electron chi connectivity index (χ0n) is 15.6. The molecule has 0 aromatic carbocycles. The van der Waals surface area contributed by atoms with Crippen molar-refractivity contribution < 1.29 is 4.79 Å². The Morgan fingerprint density at radius 2 is 1.69 bits per heavy atom. The fourth-order valence-electron chi connectivity index (χ4n) is 2.50. The second kappa shape index (κ2) is 6.95. The van der Waals surface area contributed by atoms with Gasteiger partial charge in [0.1, 0.15) is 11.3 Å². The van der Waals surface area contributed by atoms with Crippen LogP contribution in [0.3, 0.4) is 0 Å². The van der Waals surface area contributed by atoms with Crippen molar-refractivity contribution in [3.05, 3.63) is 41.6 Å². The van der Waals surface area contributed by atoms with Gasteiger partial charge >= 0.3 is 0 Å². The van der Waals surface area contributed by atoms with Crippen LogP contribution in [0.15, 0.2) is 24.4 Å². The van der Waals surface area contributed by atoms with Crippen LogP contribution in [-0.4, -0.2) is 58.4 Å².